The van der Waals surface area contributed by atoms with E-state index in [2.05, 4.69) is 30.1 Å². The van der Waals surface area contributed by atoms with Gasteiger partial charge in [0.15, 0.2) is 0 Å². The fourth-order valence-electron chi connectivity index (χ4n) is 3.61. The van der Waals surface area contributed by atoms with E-state index in [4.69, 9.17) is 0 Å². The van der Waals surface area contributed by atoms with E-state index in [1.807, 2.05) is 0 Å². The number of nitrogens with one attached hydrogen (secondary N) is 1. The highest BCUT2D eigenvalue weighted by molar-refractivity contribution is 5.16. The van der Waals surface area contributed by atoms with Gasteiger partial charge in [0.05, 0.1) is 6.07 Å². The number of hydrogen-bond donors (Lipinski definition) is 1. The van der Waals surface area contributed by atoms with Crippen LogP contribution in [0.4, 0.5) is 0 Å². The highest BCUT2D eigenvalue weighted by atomic mass is 15.2. The van der Waals surface area contributed by atoms with Crippen molar-refractivity contribution in [2.75, 3.05) is 6.54 Å². The quantitative estimate of drug-likeness (QED) is 0.799. The topological polar surface area (TPSA) is 39.1 Å². The smallest absolute Gasteiger partial charge is 0.108 e. The fraction of sp³-hybridized carbons (Fsp3) is 0.938. The molecule has 0 radical (unpaired) electrons. The zero-order chi connectivity index (χ0) is 13.5. The van der Waals surface area contributed by atoms with Gasteiger partial charge in [-0.1, -0.05) is 13.8 Å². The summed E-state index contributed by atoms with van der Waals surface area (Å²) in [6, 6.07) is 4.71. The average Bonchev–Trinajstić information content (AvgIpc) is 3.26. The lowest BCUT2D eigenvalue weighted by atomic mass is 9.98. The maximum Gasteiger partial charge on any atom is 0.108 e. The van der Waals surface area contributed by atoms with E-state index in [-0.39, 0.29) is 5.54 Å². The Labute approximate surface area is 117 Å². The maximum absolute atomic E-state index is 9.60. The van der Waals surface area contributed by atoms with Crippen molar-refractivity contribution in [3.05, 3.63) is 0 Å². The molecule has 2 unspecified atom stereocenters. The van der Waals surface area contributed by atoms with Crippen LogP contribution in [0, 0.1) is 17.2 Å². The van der Waals surface area contributed by atoms with Gasteiger partial charge in [-0.05, 0) is 50.9 Å². The third-order valence-electron chi connectivity index (χ3n) is 4.82. The number of hydrogen-bond acceptors (Lipinski definition) is 3. The van der Waals surface area contributed by atoms with Crippen molar-refractivity contribution < 1.29 is 0 Å². The zero-order valence-electron chi connectivity index (χ0n) is 12.4. The van der Waals surface area contributed by atoms with Gasteiger partial charge in [0.2, 0.25) is 0 Å². The van der Waals surface area contributed by atoms with Crippen molar-refractivity contribution in [2.24, 2.45) is 5.92 Å². The van der Waals surface area contributed by atoms with Crippen molar-refractivity contribution in [3.8, 4) is 6.07 Å². The van der Waals surface area contributed by atoms with Gasteiger partial charge in [-0.2, -0.15) is 5.26 Å². The van der Waals surface area contributed by atoms with Gasteiger partial charge in [0.1, 0.15) is 5.54 Å². The fourth-order valence-corrected chi connectivity index (χ4v) is 3.61. The van der Waals surface area contributed by atoms with E-state index >= 15 is 0 Å². The molecular weight excluding hydrogens is 234 g/mol. The van der Waals surface area contributed by atoms with Gasteiger partial charge < -0.3 is 0 Å². The Morgan fingerprint density at radius 3 is 2.47 bits per heavy atom. The van der Waals surface area contributed by atoms with Gasteiger partial charge in [0.25, 0.3) is 0 Å². The lowest BCUT2D eigenvalue weighted by Crippen LogP contribution is -2.46. The van der Waals surface area contributed by atoms with Gasteiger partial charge in [0, 0.05) is 24.7 Å². The van der Waals surface area contributed by atoms with Crippen LogP contribution in [0.5, 0.6) is 0 Å². The molecule has 3 saturated carbocycles. The third-order valence-corrected chi connectivity index (χ3v) is 4.82. The standard InChI is InChI=1S/C16H27N3/c1-12(2)10-19(14-5-6-14)15-7-8-16(9-15,11-17)18-13-3-4-13/h12-15,18H,3-10H2,1-2H3. The molecule has 106 valence electrons. The Morgan fingerprint density at radius 2 is 1.95 bits per heavy atom. The molecule has 3 aliphatic rings. The van der Waals surface area contributed by atoms with E-state index in [1.165, 1.54) is 38.6 Å². The van der Waals surface area contributed by atoms with Crippen molar-refractivity contribution in [1.29, 1.82) is 5.26 Å². The Hall–Kier alpha value is -0.590. The molecule has 0 aliphatic heterocycles. The summed E-state index contributed by atoms with van der Waals surface area (Å²) < 4.78 is 0. The summed E-state index contributed by atoms with van der Waals surface area (Å²) in [6.07, 6.45) is 8.59. The lowest BCUT2D eigenvalue weighted by Gasteiger charge is -2.32. The monoisotopic (exact) mass is 261 g/mol. The molecule has 0 bridgehead atoms. The lowest BCUT2D eigenvalue weighted by molar-refractivity contribution is 0.162. The molecule has 19 heavy (non-hydrogen) atoms. The molecule has 0 aromatic carbocycles. The molecule has 0 amide bonds. The van der Waals surface area contributed by atoms with Crippen LogP contribution in [0.2, 0.25) is 0 Å². The second-order valence-electron chi connectivity index (χ2n) is 7.33. The second-order valence-corrected chi connectivity index (χ2v) is 7.33. The van der Waals surface area contributed by atoms with E-state index in [9.17, 15) is 5.26 Å². The van der Waals surface area contributed by atoms with Crippen molar-refractivity contribution in [2.45, 2.75) is 82.5 Å². The van der Waals surface area contributed by atoms with E-state index in [1.54, 1.807) is 0 Å². The normalized spacial score (nSPS) is 35.0. The van der Waals surface area contributed by atoms with Crippen LogP contribution in [0.25, 0.3) is 0 Å². The first-order chi connectivity index (χ1) is 9.12. The summed E-state index contributed by atoms with van der Waals surface area (Å²) in [5.41, 5.74) is -0.212. The number of nitrogens with zero attached hydrogens (tertiary/aromatic N) is 2. The minimum Gasteiger partial charge on any atom is -0.297 e. The molecule has 3 aliphatic carbocycles. The first-order valence-electron chi connectivity index (χ1n) is 8.06. The summed E-state index contributed by atoms with van der Waals surface area (Å²) in [4.78, 5) is 2.72. The molecule has 1 N–H and O–H groups in total. The first-order valence-corrected chi connectivity index (χ1v) is 8.06. The third kappa shape index (κ3) is 3.12. The Kier molecular flexibility index (Phi) is 3.57. The van der Waals surface area contributed by atoms with Gasteiger partial charge in [-0.25, -0.2) is 0 Å². The van der Waals surface area contributed by atoms with Crippen LogP contribution in [0.3, 0.4) is 0 Å². The largest absolute Gasteiger partial charge is 0.297 e. The summed E-state index contributed by atoms with van der Waals surface area (Å²) in [7, 11) is 0. The molecule has 3 fully saturated rings. The Balaban J connectivity index is 1.63. The summed E-state index contributed by atoms with van der Waals surface area (Å²) >= 11 is 0. The predicted molar refractivity (Wildman–Crippen MR) is 76.7 cm³/mol. The second kappa shape index (κ2) is 5.07. The van der Waals surface area contributed by atoms with Crippen molar-refractivity contribution in [3.63, 3.8) is 0 Å². The molecule has 3 rings (SSSR count). The highest BCUT2D eigenvalue weighted by Gasteiger charge is 2.46. The Morgan fingerprint density at radius 1 is 1.21 bits per heavy atom. The minimum atomic E-state index is -0.212. The van der Waals surface area contributed by atoms with Crippen LogP contribution < -0.4 is 5.32 Å². The summed E-state index contributed by atoms with van der Waals surface area (Å²) in [5.74, 6) is 0.731. The average molecular weight is 261 g/mol. The predicted octanol–water partition coefficient (Wildman–Crippen LogP) is 2.67. The Bertz CT molecular complexity index is 365. The molecule has 0 heterocycles. The maximum atomic E-state index is 9.60. The minimum absolute atomic E-state index is 0.212. The number of nitriles is 1. The molecule has 2 atom stereocenters. The van der Waals surface area contributed by atoms with Crippen LogP contribution in [0.1, 0.15) is 58.8 Å². The summed E-state index contributed by atoms with van der Waals surface area (Å²) in [6.45, 7) is 5.83. The van der Waals surface area contributed by atoms with Gasteiger partial charge in [-0.3, -0.25) is 10.2 Å². The van der Waals surface area contributed by atoms with Gasteiger partial charge in [-0.15, -0.1) is 0 Å². The molecule has 0 aromatic rings. The van der Waals surface area contributed by atoms with Crippen molar-refractivity contribution >= 4 is 0 Å². The van der Waals surface area contributed by atoms with Crippen LogP contribution in [-0.4, -0.2) is 35.1 Å². The SMILES string of the molecule is CC(C)CN(C1CC1)C1CCC(C#N)(NC2CC2)C1. The number of rotatable bonds is 6. The molecule has 0 aromatic heterocycles. The molecule has 0 saturated heterocycles. The van der Waals surface area contributed by atoms with E-state index in [0.29, 0.717) is 12.1 Å². The highest BCUT2D eigenvalue weighted by Crippen LogP contribution is 2.40. The first kappa shape index (κ1) is 13.4. The van der Waals surface area contributed by atoms with Crippen LogP contribution in [-0.2, 0) is 0 Å². The molecule has 3 nitrogen and oxygen atoms in total. The molecule has 3 heteroatoms. The molecule has 0 spiro atoms. The zero-order valence-corrected chi connectivity index (χ0v) is 12.4. The summed E-state index contributed by atoms with van der Waals surface area (Å²) in [5, 5.41) is 13.2. The van der Waals surface area contributed by atoms with Crippen LogP contribution >= 0.6 is 0 Å². The van der Waals surface area contributed by atoms with E-state index < -0.39 is 0 Å². The van der Waals surface area contributed by atoms with Crippen molar-refractivity contribution in [1.82, 2.24) is 10.2 Å². The van der Waals surface area contributed by atoms with Crippen LogP contribution in [0.15, 0.2) is 0 Å². The van der Waals surface area contributed by atoms with E-state index in [0.717, 1.165) is 24.8 Å². The molecular formula is C16H27N3. The van der Waals surface area contributed by atoms with Gasteiger partial charge >= 0.3 is 0 Å².